The van der Waals surface area contributed by atoms with Crippen molar-refractivity contribution in [3.63, 3.8) is 0 Å². The molecule has 1 aromatic heterocycles. The van der Waals surface area contributed by atoms with Crippen molar-refractivity contribution < 1.29 is 9.85 Å². The van der Waals surface area contributed by atoms with Crippen LogP contribution in [-0.4, -0.2) is 34.4 Å². The van der Waals surface area contributed by atoms with E-state index in [0.717, 1.165) is 34.6 Å². The van der Waals surface area contributed by atoms with Crippen LogP contribution in [0.25, 0.3) is 0 Å². The Morgan fingerprint density at radius 3 is 2.40 bits per heavy atom. The van der Waals surface area contributed by atoms with Crippen LogP contribution < -0.4 is 4.90 Å². The summed E-state index contributed by atoms with van der Waals surface area (Å²) >= 11 is 3.63. The number of hydrogen-bond acceptors (Lipinski definition) is 8. The largest absolute Gasteiger partial charge is 0.358 e. The molecule has 0 amide bonds. The maximum atomic E-state index is 11.3. The van der Waals surface area contributed by atoms with E-state index in [0.29, 0.717) is 17.3 Å². The van der Waals surface area contributed by atoms with Crippen LogP contribution in [0.2, 0.25) is 0 Å². The summed E-state index contributed by atoms with van der Waals surface area (Å²) in [7, 11) is 0. The van der Waals surface area contributed by atoms with Gasteiger partial charge in [-0.1, -0.05) is 18.3 Å². The van der Waals surface area contributed by atoms with Crippen molar-refractivity contribution >= 4 is 51.2 Å². The van der Waals surface area contributed by atoms with Gasteiger partial charge in [0, 0.05) is 24.6 Å². The summed E-state index contributed by atoms with van der Waals surface area (Å²) < 4.78 is 0.310. The van der Waals surface area contributed by atoms with Gasteiger partial charge in [-0.15, -0.1) is 0 Å². The average Bonchev–Trinajstić information content (AvgIpc) is 2.80. The highest BCUT2D eigenvalue weighted by atomic mass is 32.2. The van der Waals surface area contributed by atoms with E-state index >= 15 is 0 Å². The Kier molecular flexibility index (Phi) is 4.89. The fraction of sp³-hybridized carbons (Fsp3) is 0.400. The van der Waals surface area contributed by atoms with Gasteiger partial charge in [0.1, 0.15) is 0 Å². The Hall–Kier alpha value is -1.26. The first-order valence-electron chi connectivity index (χ1n) is 5.62. The van der Waals surface area contributed by atoms with Gasteiger partial charge in [-0.25, -0.2) is 0 Å². The van der Waals surface area contributed by atoms with Crippen LogP contribution in [0.3, 0.4) is 0 Å². The number of anilines is 1. The van der Waals surface area contributed by atoms with Crippen molar-refractivity contribution in [1.82, 2.24) is 0 Å². The summed E-state index contributed by atoms with van der Waals surface area (Å²) in [6.07, 6.45) is 0. The number of nitrogens with zero attached hydrogens (tertiary/aromatic N) is 3. The van der Waals surface area contributed by atoms with Crippen LogP contribution in [0.1, 0.15) is 0 Å². The topological polar surface area (TPSA) is 89.5 Å². The zero-order valence-electron chi connectivity index (χ0n) is 10.3. The van der Waals surface area contributed by atoms with E-state index < -0.39 is 9.85 Å². The number of nitro groups is 2. The Labute approximate surface area is 127 Å². The SMILES string of the molecule is C=CSc1sc([N+](=O)[O-])c(N2CCSCC2)c1[N+](=O)[O-]. The molecule has 1 aliphatic heterocycles. The summed E-state index contributed by atoms with van der Waals surface area (Å²) in [4.78, 5) is 23.2. The van der Waals surface area contributed by atoms with Gasteiger partial charge in [0.2, 0.25) is 5.69 Å². The zero-order valence-corrected chi connectivity index (χ0v) is 12.8. The lowest BCUT2D eigenvalue weighted by atomic mass is 10.3. The molecule has 108 valence electrons. The van der Waals surface area contributed by atoms with E-state index in [-0.39, 0.29) is 16.4 Å². The summed E-state index contributed by atoms with van der Waals surface area (Å²) in [6, 6.07) is 0. The van der Waals surface area contributed by atoms with E-state index in [9.17, 15) is 20.2 Å². The second-order valence-electron chi connectivity index (χ2n) is 3.79. The Morgan fingerprint density at radius 2 is 1.90 bits per heavy atom. The third-order valence-corrected chi connectivity index (χ3v) is 5.65. The Morgan fingerprint density at radius 1 is 1.25 bits per heavy atom. The first kappa shape index (κ1) is 15.1. The molecule has 0 bridgehead atoms. The molecule has 1 fully saturated rings. The number of rotatable bonds is 5. The average molecular weight is 333 g/mol. The molecule has 7 nitrogen and oxygen atoms in total. The van der Waals surface area contributed by atoms with Crippen LogP contribution in [0.15, 0.2) is 16.2 Å². The quantitative estimate of drug-likeness (QED) is 0.463. The van der Waals surface area contributed by atoms with Crippen molar-refractivity contribution in [3.8, 4) is 0 Å². The van der Waals surface area contributed by atoms with E-state index in [1.54, 1.807) is 16.7 Å². The molecule has 0 saturated carbocycles. The van der Waals surface area contributed by atoms with Gasteiger partial charge >= 0.3 is 10.7 Å². The lowest BCUT2D eigenvalue weighted by molar-refractivity contribution is -0.390. The number of thioether (sulfide) groups is 2. The normalized spacial score (nSPS) is 15.1. The Balaban J connectivity index is 2.56. The molecule has 2 rings (SSSR count). The minimum Gasteiger partial charge on any atom is -0.358 e. The highest BCUT2D eigenvalue weighted by Crippen LogP contribution is 2.51. The van der Waals surface area contributed by atoms with Gasteiger partial charge in [0.25, 0.3) is 0 Å². The van der Waals surface area contributed by atoms with Crippen LogP contribution in [0.4, 0.5) is 16.4 Å². The molecular weight excluding hydrogens is 322 g/mol. The first-order chi connectivity index (χ1) is 9.56. The summed E-state index contributed by atoms with van der Waals surface area (Å²) in [5.41, 5.74) is -0.0202. The van der Waals surface area contributed by atoms with Crippen molar-refractivity contribution in [2.24, 2.45) is 0 Å². The van der Waals surface area contributed by atoms with Crippen LogP contribution in [0, 0.1) is 20.2 Å². The molecular formula is C10H11N3O4S3. The second-order valence-corrected chi connectivity index (χ2v) is 7.25. The summed E-state index contributed by atoms with van der Waals surface area (Å²) in [6.45, 7) is 4.68. The van der Waals surface area contributed by atoms with Crippen LogP contribution in [0.5, 0.6) is 0 Å². The minimum absolute atomic E-state index is 0.148. The van der Waals surface area contributed by atoms with E-state index in [2.05, 4.69) is 6.58 Å². The number of hydrogen-bond donors (Lipinski definition) is 0. The van der Waals surface area contributed by atoms with E-state index in [4.69, 9.17) is 0 Å². The van der Waals surface area contributed by atoms with Gasteiger partial charge in [0.05, 0.1) is 9.85 Å². The molecule has 0 aliphatic carbocycles. The zero-order chi connectivity index (χ0) is 14.7. The molecule has 0 N–H and O–H groups in total. The molecule has 0 atom stereocenters. The lowest BCUT2D eigenvalue weighted by Crippen LogP contribution is -2.32. The van der Waals surface area contributed by atoms with Gasteiger partial charge in [0.15, 0.2) is 4.21 Å². The molecule has 1 aromatic rings. The smallest absolute Gasteiger partial charge is 0.355 e. The van der Waals surface area contributed by atoms with Crippen molar-refractivity contribution in [3.05, 3.63) is 32.2 Å². The molecule has 0 radical (unpaired) electrons. The van der Waals surface area contributed by atoms with Gasteiger partial charge in [-0.3, -0.25) is 20.2 Å². The van der Waals surface area contributed by atoms with Crippen molar-refractivity contribution in [2.45, 2.75) is 4.21 Å². The predicted molar refractivity (Wildman–Crippen MR) is 83.2 cm³/mol. The Bertz CT molecular complexity index is 554. The fourth-order valence-corrected chi connectivity index (χ4v) is 4.71. The summed E-state index contributed by atoms with van der Waals surface area (Å²) in [5, 5.41) is 23.8. The minimum atomic E-state index is -0.540. The molecule has 0 unspecified atom stereocenters. The van der Waals surface area contributed by atoms with Gasteiger partial charge < -0.3 is 4.90 Å². The van der Waals surface area contributed by atoms with Crippen molar-refractivity contribution in [1.29, 1.82) is 0 Å². The van der Waals surface area contributed by atoms with Crippen LogP contribution in [-0.2, 0) is 0 Å². The molecule has 1 aliphatic rings. The molecule has 0 aromatic carbocycles. The summed E-state index contributed by atoms with van der Waals surface area (Å²) in [5.74, 6) is 1.63. The van der Waals surface area contributed by atoms with Crippen molar-refractivity contribution in [2.75, 3.05) is 29.5 Å². The molecule has 0 spiro atoms. The van der Waals surface area contributed by atoms with E-state index in [1.165, 1.54) is 5.41 Å². The molecule has 10 heteroatoms. The molecule has 1 saturated heterocycles. The van der Waals surface area contributed by atoms with Gasteiger partial charge in [-0.05, 0) is 16.7 Å². The fourth-order valence-electron chi connectivity index (χ4n) is 1.89. The third-order valence-electron chi connectivity index (χ3n) is 2.68. The highest BCUT2D eigenvalue weighted by molar-refractivity contribution is 8.04. The van der Waals surface area contributed by atoms with Gasteiger partial charge in [-0.2, -0.15) is 11.8 Å². The third kappa shape index (κ3) is 2.91. The maximum Gasteiger partial charge on any atom is 0.355 e. The molecule has 2 heterocycles. The second kappa shape index (κ2) is 6.46. The maximum absolute atomic E-state index is 11.3. The highest BCUT2D eigenvalue weighted by Gasteiger charge is 2.37. The number of thiophene rings is 1. The monoisotopic (exact) mass is 333 g/mol. The molecule has 20 heavy (non-hydrogen) atoms. The van der Waals surface area contributed by atoms with Crippen LogP contribution >= 0.6 is 34.9 Å². The predicted octanol–water partition coefficient (Wildman–Crippen LogP) is 3.35. The van der Waals surface area contributed by atoms with E-state index in [1.807, 2.05) is 0 Å². The first-order valence-corrected chi connectivity index (χ1v) is 8.47. The standard InChI is InChI=1S/C10H11N3O4S3/c1-2-19-10-8(12(14)15)7(9(20-10)13(16)17)11-3-5-18-6-4-11/h2H,1,3-6H2. The lowest BCUT2D eigenvalue weighted by Gasteiger charge is -2.26.